The molecule has 3 amide bonds. The zero-order chi connectivity index (χ0) is 21.3. The van der Waals surface area contributed by atoms with E-state index in [0.29, 0.717) is 0 Å². The molecule has 2 heterocycles. The quantitative estimate of drug-likeness (QED) is 0.742. The number of imide groups is 1. The molecule has 158 valence electrons. The van der Waals surface area contributed by atoms with E-state index in [1.807, 2.05) is 48.5 Å². The Hall–Kier alpha value is -3.06. The number of urea groups is 1. The van der Waals surface area contributed by atoms with Crippen LogP contribution < -0.4 is 14.8 Å². The highest BCUT2D eigenvalue weighted by atomic mass is 16.5. The number of carbonyl (C=O) groups excluding carboxylic acids is 2. The smallest absolute Gasteiger partial charge is 0.326 e. The van der Waals surface area contributed by atoms with Gasteiger partial charge in [0.1, 0.15) is 17.0 Å². The molecule has 2 saturated heterocycles. The molecule has 0 aromatic heterocycles. The Balaban J connectivity index is 1.57. The monoisotopic (exact) mass is 409 g/mol. The summed E-state index contributed by atoms with van der Waals surface area (Å²) in [5.74, 6) is 1.25. The van der Waals surface area contributed by atoms with Gasteiger partial charge in [-0.15, -0.1) is 0 Å². The number of benzene rings is 2. The van der Waals surface area contributed by atoms with E-state index in [4.69, 9.17) is 9.47 Å². The maximum atomic E-state index is 13.3. The van der Waals surface area contributed by atoms with Gasteiger partial charge in [-0.2, -0.15) is 0 Å². The maximum Gasteiger partial charge on any atom is 0.326 e. The summed E-state index contributed by atoms with van der Waals surface area (Å²) >= 11 is 0. The van der Waals surface area contributed by atoms with E-state index in [-0.39, 0.29) is 24.6 Å². The van der Waals surface area contributed by atoms with Crippen LogP contribution in [-0.4, -0.2) is 49.2 Å². The van der Waals surface area contributed by atoms with Crippen LogP contribution in [0.4, 0.5) is 4.79 Å². The number of hydrogen-bond donors (Lipinski definition) is 1. The predicted molar refractivity (Wildman–Crippen MR) is 112 cm³/mol. The summed E-state index contributed by atoms with van der Waals surface area (Å²) < 4.78 is 10.9. The first-order chi connectivity index (χ1) is 14.5. The van der Waals surface area contributed by atoms with Crippen molar-refractivity contribution in [2.75, 3.05) is 27.4 Å². The minimum absolute atomic E-state index is 0.0648. The van der Waals surface area contributed by atoms with Crippen molar-refractivity contribution in [1.29, 1.82) is 0 Å². The van der Waals surface area contributed by atoms with Gasteiger partial charge in [-0.1, -0.05) is 36.4 Å². The summed E-state index contributed by atoms with van der Waals surface area (Å²) in [5, 5.41) is 2.88. The number of methoxy groups -OCH3 is 2. The van der Waals surface area contributed by atoms with Gasteiger partial charge < -0.3 is 14.8 Å². The molecule has 0 aliphatic carbocycles. The first kappa shape index (κ1) is 20.2. The summed E-state index contributed by atoms with van der Waals surface area (Å²) in [6, 6.07) is 14.8. The lowest BCUT2D eigenvalue weighted by Gasteiger charge is -2.29. The highest BCUT2D eigenvalue weighted by molar-refractivity contribution is 6.07. The zero-order valence-electron chi connectivity index (χ0n) is 17.6. The number of nitrogens with zero attached hydrogens (tertiary/aromatic N) is 2. The molecule has 2 fully saturated rings. The Morgan fingerprint density at radius 3 is 2.57 bits per heavy atom. The second kappa shape index (κ2) is 7.99. The van der Waals surface area contributed by atoms with E-state index in [1.54, 1.807) is 21.1 Å². The van der Waals surface area contributed by atoms with Gasteiger partial charge in [0.2, 0.25) is 0 Å². The number of nitrogens with one attached hydrogen (secondary N) is 1. The average molecular weight is 409 g/mol. The molecule has 2 atom stereocenters. The van der Waals surface area contributed by atoms with Crippen LogP contribution in [0.2, 0.25) is 0 Å². The number of carbonyl (C=O) groups is 2. The molecule has 0 bridgehead atoms. The van der Waals surface area contributed by atoms with Crippen LogP contribution in [0.15, 0.2) is 48.5 Å². The number of hydrogen-bond acceptors (Lipinski definition) is 5. The van der Waals surface area contributed by atoms with E-state index >= 15 is 0 Å². The van der Waals surface area contributed by atoms with E-state index < -0.39 is 5.54 Å². The van der Waals surface area contributed by atoms with Crippen molar-refractivity contribution in [2.24, 2.45) is 0 Å². The molecule has 2 aromatic carbocycles. The molecule has 0 unspecified atom stereocenters. The molecule has 7 heteroatoms. The van der Waals surface area contributed by atoms with Crippen molar-refractivity contribution >= 4 is 11.9 Å². The lowest BCUT2D eigenvalue weighted by molar-refractivity contribution is -0.132. The average Bonchev–Trinajstić information content (AvgIpc) is 3.32. The second-order valence-electron chi connectivity index (χ2n) is 7.87. The number of rotatable bonds is 6. The largest absolute Gasteiger partial charge is 0.497 e. The fraction of sp³-hybridized carbons (Fsp3) is 0.391. The zero-order valence-corrected chi connectivity index (χ0v) is 17.6. The first-order valence-corrected chi connectivity index (χ1v) is 10.1. The molecule has 0 spiro atoms. The number of amides is 3. The summed E-state index contributed by atoms with van der Waals surface area (Å²) in [6.07, 6.45) is 1.92. The lowest BCUT2D eigenvalue weighted by Crippen LogP contribution is -2.43. The number of likely N-dealkylation sites (tertiary alicyclic amines) is 1. The molecule has 30 heavy (non-hydrogen) atoms. The normalized spacial score (nSPS) is 24.2. The van der Waals surface area contributed by atoms with E-state index in [1.165, 1.54) is 4.90 Å². The summed E-state index contributed by atoms with van der Waals surface area (Å²) in [6.45, 7) is 2.81. The summed E-state index contributed by atoms with van der Waals surface area (Å²) in [7, 11) is 3.26. The van der Waals surface area contributed by atoms with Gasteiger partial charge in [-0.05, 0) is 31.4 Å². The molecule has 2 aromatic rings. The van der Waals surface area contributed by atoms with E-state index in [2.05, 4.69) is 10.2 Å². The van der Waals surface area contributed by atoms with E-state index in [9.17, 15) is 9.59 Å². The fourth-order valence-corrected chi connectivity index (χ4v) is 4.42. The number of ether oxygens (including phenoxy) is 2. The van der Waals surface area contributed by atoms with Crippen molar-refractivity contribution in [3.63, 3.8) is 0 Å². The van der Waals surface area contributed by atoms with Gasteiger partial charge >= 0.3 is 6.03 Å². The molecule has 7 nitrogen and oxygen atoms in total. The Labute approximate surface area is 176 Å². The molecule has 0 radical (unpaired) electrons. The topological polar surface area (TPSA) is 71.1 Å². The highest BCUT2D eigenvalue weighted by Crippen LogP contribution is 2.39. The third-order valence-corrected chi connectivity index (χ3v) is 6.11. The Kier molecular flexibility index (Phi) is 5.39. The second-order valence-corrected chi connectivity index (χ2v) is 7.87. The standard InChI is InChI=1S/C23H27N3O4/c1-23(16-8-5-4-6-9-16)21(27)26(22(28)24-23)15-25-13-7-10-19(25)18-12-11-17(29-2)14-20(18)30-3/h4-6,8-9,11-12,14,19H,7,10,13,15H2,1-3H3,(H,24,28)/t19-,23+/m1/s1. The predicted octanol–water partition coefficient (Wildman–Crippen LogP) is 3.27. The molecule has 2 aliphatic rings. The molecule has 2 aliphatic heterocycles. The molecular formula is C23H27N3O4. The molecular weight excluding hydrogens is 382 g/mol. The molecule has 0 saturated carbocycles. The van der Waals surface area contributed by atoms with Crippen LogP contribution >= 0.6 is 0 Å². The Morgan fingerprint density at radius 2 is 1.87 bits per heavy atom. The minimum atomic E-state index is -1.05. The van der Waals surface area contributed by atoms with E-state index in [0.717, 1.165) is 42.0 Å². The first-order valence-electron chi connectivity index (χ1n) is 10.1. The summed E-state index contributed by atoms with van der Waals surface area (Å²) in [5.41, 5.74) is 0.764. The van der Waals surface area contributed by atoms with Crippen molar-refractivity contribution in [1.82, 2.24) is 15.1 Å². The van der Waals surface area contributed by atoms with Crippen molar-refractivity contribution < 1.29 is 19.1 Å². The van der Waals surface area contributed by atoms with Crippen molar-refractivity contribution in [2.45, 2.75) is 31.3 Å². The van der Waals surface area contributed by atoms with Gasteiger partial charge in [0.25, 0.3) is 5.91 Å². The van der Waals surface area contributed by atoms with Crippen LogP contribution in [0, 0.1) is 0 Å². The van der Waals surface area contributed by atoms with Crippen LogP contribution in [0.3, 0.4) is 0 Å². The van der Waals surface area contributed by atoms with Gasteiger partial charge in [0.15, 0.2) is 0 Å². The van der Waals surface area contributed by atoms with Crippen LogP contribution in [0.5, 0.6) is 11.5 Å². The van der Waals surface area contributed by atoms with Gasteiger partial charge in [-0.3, -0.25) is 9.69 Å². The van der Waals surface area contributed by atoms with Gasteiger partial charge in [0.05, 0.1) is 20.9 Å². The van der Waals surface area contributed by atoms with Crippen molar-refractivity contribution in [3.05, 3.63) is 59.7 Å². The minimum Gasteiger partial charge on any atom is -0.497 e. The third-order valence-electron chi connectivity index (χ3n) is 6.11. The van der Waals surface area contributed by atoms with Gasteiger partial charge in [0, 0.05) is 24.2 Å². The Morgan fingerprint density at radius 1 is 1.10 bits per heavy atom. The highest BCUT2D eigenvalue weighted by Gasteiger charge is 2.49. The van der Waals surface area contributed by atoms with Crippen LogP contribution in [-0.2, 0) is 10.3 Å². The van der Waals surface area contributed by atoms with Gasteiger partial charge in [-0.25, -0.2) is 9.69 Å². The van der Waals surface area contributed by atoms with Crippen LogP contribution in [0.25, 0.3) is 0 Å². The Bertz CT molecular complexity index is 949. The van der Waals surface area contributed by atoms with Crippen LogP contribution in [0.1, 0.15) is 36.9 Å². The maximum absolute atomic E-state index is 13.3. The SMILES string of the molecule is COc1ccc([C@H]2CCCN2CN2C(=O)N[C@@](C)(c3ccccc3)C2=O)c(OC)c1. The third kappa shape index (κ3) is 3.39. The molecule has 1 N–H and O–H groups in total. The summed E-state index contributed by atoms with van der Waals surface area (Å²) in [4.78, 5) is 29.5. The van der Waals surface area contributed by atoms with Crippen molar-refractivity contribution in [3.8, 4) is 11.5 Å². The fourth-order valence-electron chi connectivity index (χ4n) is 4.42. The molecule has 4 rings (SSSR count). The lowest BCUT2D eigenvalue weighted by atomic mass is 9.92.